The third kappa shape index (κ3) is 3.57. The number of hydrogen-bond acceptors (Lipinski definition) is 5. The lowest BCUT2D eigenvalue weighted by Crippen LogP contribution is -2.17. The molecule has 10 heteroatoms. The Kier molecular flexibility index (Phi) is 3.94. The molecule has 0 bridgehead atoms. The van der Waals surface area contributed by atoms with E-state index in [2.05, 4.69) is 14.7 Å². The van der Waals surface area contributed by atoms with Gasteiger partial charge in [0.1, 0.15) is 12.1 Å². The number of nitrogens with zero attached hydrogens (tertiary/aromatic N) is 3. The van der Waals surface area contributed by atoms with Gasteiger partial charge in [0.05, 0.1) is 4.92 Å². The molecular weight excluding hydrogens is 315 g/mol. The van der Waals surface area contributed by atoms with E-state index in [1.54, 1.807) is 0 Å². The van der Waals surface area contributed by atoms with Crippen molar-refractivity contribution in [3.8, 4) is 17.0 Å². The summed E-state index contributed by atoms with van der Waals surface area (Å²) >= 11 is 5.62. The van der Waals surface area contributed by atoms with Gasteiger partial charge in [-0.3, -0.25) is 10.1 Å². The summed E-state index contributed by atoms with van der Waals surface area (Å²) in [5.74, 6) is -0.524. The number of ether oxygens (including phenoxy) is 1. The molecule has 1 aromatic heterocycles. The monoisotopic (exact) mass is 319 g/mol. The molecular formula is C11H5ClF3N3O3. The van der Waals surface area contributed by atoms with E-state index in [0.29, 0.717) is 0 Å². The topological polar surface area (TPSA) is 78.2 Å². The summed E-state index contributed by atoms with van der Waals surface area (Å²) in [5, 5.41) is 10.5. The van der Waals surface area contributed by atoms with Crippen LogP contribution < -0.4 is 4.74 Å². The van der Waals surface area contributed by atoms with E-state index in [-0.39, 0.29) is 11.3 Å². The Bertz CT molecular complexity index is 694. The molecule has 2 rings (SSSR count). The van der Waals surface area contributed by atoms with E-state index in [1.807, 2.05) is 0 Å². The van der Waals surface area contributed by atoms with Crippen LogP contribution in [0.2, 0.25) is 5.15 Å². The highest BCUT2D eigenvalue weighted by Crippen LogP contribution is 2.34. The van der Waals surface area contributed by atoms with Crippen LogP contribution in [0.15, 0.2) is 30.6 Å². The number of hydrogen-bond donors (Lipinski definition) is 0. The Morgan fingerprint density at radius 3 is 2.62 bits per heavy atom. The summed E-state index contributed by atoms with van der Waals surface area (Å²) in [7, 11) is 0. The summed E-state index contributed by atoms with van der Waals surface area (Å²) in [6.45, 7) is 0. The second kappa shape index (κ2) is 5.52. The summed E-state index contributed by atoms with van der Waals surface area (Å²) in [4.78, 5) is 17.3. The van der Waals surface area contributed by atoms with Crippen molar-refractivity contribution in [3.05, 3.63) is 45.9 Å². The van der Waals surface area contributed by atoms with Gasteiger partial charge in [0.25, 0.3) is 0 Å². The minimum atomic E-state index is -4.87. The molecule has 0 N–H and O–H groups in total. The van der Waals surface area contributed by atoms with Crippen molar-refractivity contribution in [2.24, 2.45) is 0 Å². The van der Waals surface area contributed by atoms with E-state index in [4.69, 9.17) is 11.6 Å². The Hall–Kier alpha value is -2.42. The van der Waals surface area contributed by atoms with E-state index in [0.717, 1.165) is 18.5 Å². The van der Waals surface area contributed by atoms with Crippen LogP contribution in [-0.2, 0) is 0 Å². The molecule has 0 atom stereocenters. The van der Waals surface area contributed by atoms with Crippen LogP contribution >= 0.6 is 11.6 Å². The lowest BCUT2D eigenvalue weighted by Gasteiger charge is -2.10. The summed E-state index contributed by atoms with van der Waals surface area (Å²) in [6.07, 6.45) is -3.89. The molecule has 0 fully saturated rings. The lowest BCUT2D eigenvalue weighted by atomic mass is 10.1. The molecule has 110 valence electrons. The maximum Gasteiger partial charge on any atom is 0.573 e. The largest absolute Gasteiger partial charge is 0.573 e. The van der Waals surface area contributed by atoms with Crippen molar-refractivity contribution in [2.45, 2.75) is 6.36 Å². The highest BCUT2D eigenvalue weighted by molar-refractivity contribution is 6.31. The number of aromatic nitrogens is 2. The van der Waals surface area contributed by atoms with Gasteiger partial charge in [-0.05, 0) is 12.1 Å². The molecule has 21 heavy (non-hydrogen) atoms. The van der Waals surface area contributed by atoms with Crippen molar-refractivity contribution in [2.75, 3.05) is 0 Å². The quantitative estimate of drug-likeness (QED) is 0.490. The molecule has 0 spiro atoms. The van der Waals surface area contributed by atoms with Gasteiger partial charge in [0.15, 0.2) is 5.69 Å². The van der Waals surface area contributed by atoms with Crippen molar-refractivity contribution in [3.63, 3.8) is 0 Å². The second-order valence-electron chi connectivity index (χ2n) is 3.69. The first-order valence-corrected chi connectivity index (χ1v) is 5.67. The highest BCUT2D eigenvalue weighted by Gasteiger charge is 2.31. The number of rotatable bonds is 3. The first-order chi connectivity index (χ1) is 9.78. The van der Waals surface area contributed by atoms with Gasteiger partial charge in [-0.1, -0.05) is 23.7 Å². The summed E-state index contributed by atoms with van der Waals surface area (Å²) in [5.41, 5.74) is -0.747. The van der Waals surface area contributed by atoms with E-state index < -0.39 is 27.9 Å². The minimum Gasteiger partial charge on any atom is -0.406 e. The Labute approximate surface area is 120 Å². The molecule has 0 saturated carbocycles. The number of benzene rings is 1. The van der Waals surface area contributed by atoms with Crippen molar-refractivity contribution in [1.29, 1.82) is 0 Å². The zero-order chi connectivity index (χ0) is 15.6. The fraction of sp³-hybridized carbons (Fsp3) is 0.0909. The van der Waals surface area contributed by atoms with Crippen LogP contribution in [0.3, 0.4) is 0 Å². The second-order valence-corrected chi connectivity index (χ2v) is 4.05. The molecule has 6 nitrogen and oxygen atoms in total. The smallest absolute Gasteiger partial charge is 0.406 e. The van der Waals surface area contributed by atoms with Gasteiger partial charge >= 0.3 is 12.0 Å². The predicted molar refractivity (Wildman–Crippen MR) is 65.8 cm³/mol. The summed E-state index contributed by atoms with van der Waals surface area (Å²) in [6, 6.07) is 4.62. The first kappa shape index (κ1) is 15.0. The van der Waals surface area contributed by atoms with Gasteiger partial charge in [0, 0.05) is 5.56 Å². The molecule has 0 saturated heterocycles. The molecule has 0 aliphatic heterocycles. The van der Waals surface area contributed by atoms with E-state index >= 15 is 0 Å². The molecule has 1 aromatic carbocycles. The predicted octanol–water partition coefficient (Wildman–Crippen LogP) is 3.60. The normalized spacial score (nSPS) is 11.2. The van der Waals surface area contributed by atoms with Gasteiger partial charge in [-0.2, -0.15) is 0 Å². The maximum atomic E-state index is 12.2. The van der Waals surface area contributed by atoms with E-state index in [1.165, 1.54) is 12.1 Å². The highest BCUT2D eigenvalue weighted by atomic mass is 35.5. The number of alkyl halides is 3. The average molecular weight is 320 g/mol. The Morgan fingerprint density at radius 1 is 1.29 bits per heavy atom. The minimum absolute atomic E-state index is 0.0488. The molecule has 0 radical (unpaired) electrons. The van der Waals surface area contributed by atoms with Crippen molar-refractivity contribution < 1.29 is 22.8 Å². The maximum absolute atomic E-state index is 12.2. The Balaban J connectivity index is 2.51. The standard InChI is InChI=1S/C11H5ClF3N3O3/c12-10-9(18(19)20)8(16-5-17-10)6-2-1-3-7(4-6)21-11(13,14)15/h1-5H. The first-order valence-electron chi connectivity index (χ1n) is 5.29. The van der Waals surface area contributed by atoms with Crippen LogP contribution in [0.5, 0.6) is 5.75 Å². The van der Waals surface area contributed by atoms with Gasteiger partial charge in [0.2, 0.25) is 5.15 Å². The van der Waals surface area contributed by atoms with Crippen LogP contribution in [-0.4, -0.2) is 21.3 Å². The molecule has 0 aliphatic carbocycles. The van der Waals surface area contributed by atoms with Gasteiger partial charge < -0.3 is 4.74 Å². The molecule has 0 unspecified atom stereocenters. The SMILES string of the molecule is O=[N+]([O-])c1c(Cl)ncnc1-c1cccc(OC(F)(F)F)c1. The lowest BCUT2D eigenvalue weighted by molar-refractivity contribution is -0.384. The fourth-order valence-electron chi connectivity index (χ4n) is 1.57. The van der Waals surface area contributed by atoms with Crippen molar-refractivity contribution in [1.82, 2.24) is 9.97 Å². The Morgan fingerprint density at radius 2 is 2.00 bits per heavy atom. The average Bonchev–Trinajstić information content (AvgIpc) is 2.36. The molecule has 1 heterocycles. The third-order valence-corrected chi connectivity index (χ3v) is 2.58. The summed E-state index contributed by atoms with van der Waals surface area (Å²) < 4.78 is 40.3. The van der Waals surface area contributed by atoms with Crippen LogP contribution in [0.4, 0.5) is 18.9 Å². The number of halogens is 4. The third-order valence-electron chi connectivity index (χ3n) is 2.30. The van der Waals surface area contributed by atoms with Gasteiger partial charge in [-0.25, -0.2) is 9.97 Å². The van der Waals surface area contributed by atoms with Gasteiger partial charge in [-0.15, -0.1) is 13.2 Å². The number of nitro groups is 1. The molecule has 2 aromatic rings. The zero-order valence-corrected chi connectivity index (χ0v) is 10.7. The molecule has 0 aliphatic rings. The van der Waals surface area contributed by atoms with E-state index in [9.17, 15) is 23.3 Å². The zero-order valence-electron chi connectivity index (χ0n) is 9.96. The van der Waals surface area contributed by atoms with Crippen molar-refractivity contribution >= 4 is 17.3 Å². The van der Waals surface area contributed by atoms with Crippen LogP contribution in [0.25, 0.3) is 11.3 Å². The van der Waals surface area contributed by atoms with Crippen LogP contribution in [0.1, 0.15) is 0 Å². The molecule has 0 amide bonds. The van der Waals surface area contributed by atoms with Crippen LogP contribution in [0, 0.1) is 10.1 Å². The fourth-order valence-corrected chi connectivity index (χ4v) is 1.77.